The number of pyridine rings is 1. The molecule has 0 aliphatic heterocycles. The van der Waals surface area contributed by atoms with E-state index in [1.165, 1.54) is 12.1 Å². The SMILES string of the molecule is O=[N+]([O-])c1cccc(Cl)c1-c1nc(-c2ccc(Cl)c(Cl)c2)c(-c2ccncc2)[nH]1. The van der Waals surface area contributed by atoms with Crippen molar-refractivity contribution in [2.24, 2.45) is 0 Å². The molecule has 0 radical (unpaired) electrons. The molecule has 0 aliphatic carbocycles. The summed E-state index contributed by atoms with van der Waals surface area (Å²) >= 11 is 18.5. The number of nitrogens with zero attached hydrogens (tertiary/aromatic N) is 3. The summed E-state index contributed by atoms with van der Waals surface area (Å²) < 4.78 is 0. The lowest BCUT2D eigenvalue weighted by Crippen LogP contribution is -1.94. The Balaban J connectivity index is 1.99. The van der Waals surface area contributed by atoms with Gasteiger partial charge in [0.15, 0.2) is 0 Å². The summed E-state index contributed by atoms with van der Waals surface area (Å²) in [6.45, 7) is 0. The molecule has 4 rings (SSSR count). The lowest BCUT2D eigenvalue weighted by atomic mass is 10.1. The quantitative estimate of drug-likeness (QED) is 0.281. The summed E-state index contributed by atoms with van der Waals surface area (Å²) in [6, 6.07) is 13.2. The van der Waals surface area contributed by atoms with Gasteiger partial charge in [0.05, 0.1) is 31.4 Å². The molecule has 0 aliphatic rings. The average Bonchev–Trinajstić information content (AvgIpc) is 3.15. The van der Waals surface area contributed by atoms with Crippen LogP contribution in [-0.2, 0) is 0 Å². The monoisotopic (exact) mass is 444 g/mol. The Hall–Kier alpha value is -2.93. The minimum Gasteiger partial charge on any atom is -0.337 e. The molecule has 2 aromatic heterocycles. The van der Waals surface area contributed by atoms with E-state index < -0.39 is 4.92 Å². The van der Waals surface area contributed by atoms with Gasteiger partial charge >= 0.3 is 0 Å². The number of aromatic amines is 1. The van der Waals surface area contributed by atoms with Gasteiger partial charge in [0.2, 0.25) is 0 Å². The standard InChI is InChI=1S/C20H11Cl3N4O2/c21-13-5-4-12(10-15(13)23)19-18(11-6-8-24-9-7-11)25-20(26-19)17-14(22)2-1-3-16(17)27(28)29/h1-10H,(H,25,26). The fraction of sp³-hybridized carbons (Fsp3) is 0. The number of hydrogen-bond donors (Lipinski definition) is 1. The molecule has 9 heteroatoms. The Kier molecular flexibility index (Phi) is 5.24. The fourth-order valence-corrected chi connectivity index (χ4v) is 3.53. The van der Waals surface area contributed by atoms with E-state index in [2.05, 4.69) is 15.0 Å². The maximum atomic E-state index is 11.5. The lowest BCUT2D eigenvalue weighted by molar-refractivity contribution is -0.384. The zero-order valence-electron chi connectivity index (χ0n) is 14.6. The summed E-state index contributed by atoms with van der Waals surface area (Å²) in [5, 5.41) is 12.5. The lowest BCUT2D eigenvalue weighted by Gasteiger charge is -2.04. The number of hydrogen-bond acceptors (Lipinski definition) is 4. The van der Waals surface area contributed by atoms with E-state index in [1.807, 2.05) is 0 Å². The summed E-state index contributed by atoms with van der Waals surface area (Å²) in [7, 11) is 0. The molecular formula is C20H11Cl3N4O2. The number of aromatic nitrogens is 3. The van der Waals surface area contributed by atoms with E-state index in [1.54, 1.807) is 48.8 Å². The smallest absolute Gasteiger partial charge is 0.281 e. The molecule has 0 bridgehead atoms. The van der Waals surface area contributed by atoms with Crippen molar-refractivity contribution in [2.75, 3.05) is 0 Å². The first kappa shape index (κ1) is 19.4. The van der Waals surface area contributed by atoms with Crippen molar-refractivity contribution in [3.05, 3.63) is 86.1 Å². The number of benzene rings is 2. The second-order valence-electron chi connectivity index (χ2n) is 6.06. The van der Waals surface area contributed by atoms with Crippen LogP contribution in [0.4, 0.5) is 5.69 Å². The van der Waals surface area contributed by atoms with E-state index in [0.29, 0.717) is 27.0 Å². The molecule has 0 atom stereocenters. The molecule has 0 unspecified atom stereocenters. The third-order valence-electron chi connectivity index (χ3n) is 4.29. The zero-order chi connectivity index (χ0) is 20.5. The molecule has 4 aromatic rings. The van der Waals surface area contributed by atoms with Crippen molar-refractivity contribution in [1.82, 2.24) is 15.0 Å². The number of halogens is 3. The van der Waals surface area contributed by atoms with Crippen molar-refractivity contribution in [2.45, 2.75) is 0 Å². The van der Waals surface area contributed by atoms with Crippen LogP contribution in [0.2, 0.25) is 15.1 Å². The summed E-state index contributed by atoms with van der Waals surface area (Å²) in [5.41, 5.74) is 2.76. The van der Waals surface area contributed by atoms with Gasteiger partial charge < -0.3 is 4.98 Å². The molecule has 144 valence electrons. The minimum atomic E-state index is -0.491. The number of H-pyrrole nitrogens is 1. The van der Waals surface area contributed by atoms with Crippen LogP contribution in [-0.4, -0.2) is 19.9 Å². The highest BCUT2D eigenvalue weighted by Crippen LogP contribution is 2.40. The Bertz CT molecular complexity index is 1230. The van der Waals surface area contributed by atoms with Crippen LogP contribution in [0.3, 0.4) is 0 Å². The van der Waals surface area contributed by atoms with Crippen molar-refractivity contribution < 1.29 is 4.92 Å². The summed E-state index contributed by atoms with van der Waals surface area (Å²) in [5.74, 6) is 0.273. The van der Waals surface area contributed by atoms with Gasteiger partial charge in [0.25, 0.3) is 5.69 Å². The van der Waals surface area contributed by atoms with E-state index >= 15 is 0 Å². The van der Waals surface area contributed by atoms with Gasteiger partial charge in [-0.2, -0.15) is 0 Å². The van der Waals surface area contributed by atoms with Gasteiger partial charge in [-0.1, -0.05) is 46.9 Å². The molecule has 0 fully saturated rings. The largest absolute Gasteiger partial charge is 0.337 e. The highest BCUT2D eigenvalue weighted by molar-refractivity contribution is 6.42. The zero-order valence-corrected chi connectivity index (χ0v) is 16.8. The maximum absolute atomic E-state index is 11.5. The average molecular weight is 446 g/mol. The molecule has 1 N–H and O–H groups in total. The van der Waals surface area contributed by atoms with Crippen LogP contribution in [0.5, 0.6) is 0 Å². The van der Waals surface area contributed by atoms with Gasteiger partial charge in [-0.15, -0.1) is 0 Å². The van der Waals surface area contributed by atoms with E-state index in [4.69, 9.17) is 34.8 Å². The molecule has 6 nitrogen and oxygen atoms in total. The highest BCUT2D eigenvalue weighted by atomic mass is 35.5. The van der Waals surface area contributed by atoms with Crippen LogP contribution in [0.15, 0.2) is 60.9 Å². The number of nitro benzene ring substituents is 1. The van der Waals surface area contributed by atoms with Gasteiger partial charge in [-0.25, -0.2) is 4.98 Å². The maximum Gasteiger partial charge on any atom is 0.281 e. The molecular weight excluding hydrogens is 435 g/mol. The first-order valence-corrected chi connectivity index (χ1v) is 9.48. The molecule has 0 saturated carbocycles. The second-order valence-corrected chi connectivity index (χ2v) is 7.29. The Labute approximate surface area is 180 Å². The van der Waals surface area contributed by atoms with Crippen LogP contribution in [0, 0.1) is 10.1 Å². The predicted octanol–water partition coefficient (Wildman–Crippen LogP) is 6.67. The molecule has 2 heterocycles. The number of nitro groups is 1. The molecule has 0 saturated heterocycles. The van der Waals surface area contributed by atoms with Gasteiger partial charge in [-0.05, 0) is 30.3 Å². The van der Waals surface area contributed by atoms with Crippen molar-refractivity contribution in [3.8, 4) is 33.9 Å². The Morgan fingerprint density at radius 3 is 2.34 bits per heavy atom. The van der Waals surface area contributed by atoms with Crippen LogP contribution in [0.1, 0.15) is 0 Å². The topological polar surface area (TPSA) is 84.7 Å². The third-order valence-corrected chi connectivity index (χ3v) is 5.34. The Morgan fingerprint density at radius 2 is 1.66 bits per heavy atom. The Morgan fingerprint density at radius 1 is 0.897 bits per heavy atom. The first-order valence-electron chi connectivity index (χ1n) is 8.35. The second kappa shape index (κ2) is 7.83. The number of imidazole rings is 1. The van der Waals surface area contributed by atoms with E-state index in [0.717, 1.165) is 5.56 Å². The summed E-state index contributed by atoms with van der Waals surface area (Å²) in [6.07, 6.45) is 3.29. The van der Waals surface area contributed by atoms with Crippen molar-refractivity contribution >= 4 is 40.5 Å². The number of rotatable bonds is 4. The van der Waals surface area contributed by atoms with Crippen LogP contribution in [0.25, 0.3) is 33.9 Å². The number of nitrogens with one attached hydrogen (secondary N) is 1. The van der Waals surface area contributed by atoms with Crippen molar-refractivity contribution in [3.63, 3.8) is 0 Å². The molecule has 29 heavy (non-hydrogen) atoms. The highest BCUT2D eigenvalue weighted by Gasteiger charge is 2.24. The predicted molar refractivity (Wildman–Crippen MR) is 114 cm³/mol. The molecule has 2 aromatic carbocycles. The van der Waals surface area contributed by atoms with Gasteiger partial charge in [0, 0.05) is 29.6 Å². The van der Waals surface area contributed by atoms with Gasteiger partial charge in [-0.3, -0.25) is 15.1 Å². The first-order chi connectivity index (χ1) is 14.0. The van der Waals surface area contributed by atoms with Crippen molar-refractivity contribution in [1.29, 1.82) is 0 Å². The minimum absolute atomic E-state index is 0.145. The molecule has 0 amide bonds. The fourth-order valence-electron chi connectivity index (χ4n) is 2.97. The van der Waals surface area contributed by atoms with Gasteiger partial charge in [0.1, 0.15) is 11.4 Å². The molecule has 0 spiro atoms. The van der Waals surface area contributed by atoms with E-state index in [-0.39, 0.29) is 22.1 Å². The van der Waals surface area contributed by atoms with Crippen LogP contribution >= 0.6 is 34.8 Å². The van der Waals surface area contributed by atoms with Crippen LogP contribution < -0.4 is 0 Å². The normalized spacial score (nSPS) is 10.9. The summed E-state index contributed by atoms with van der Waals surface area (Å²) in [4.78, 5) is 22.9. The van der Waals surface area contributed by atoms with E-state index in [9.17, 15) is 10.1 Å². The third kappa shape index (κ3) is 3.70.